The van der Waals surface area contributed by atoms with Gasteiger partial charge in [-0.25, -0.2) is 13.9 Å². The van der Waals surface area contributed by atoms with Gasteiger partial charge in [-0.3, -0.25) is 5.32 Å². The fourth-order valence-corrected chi connectivity index (χ4v) is 3.81. The Kier molecular flexibility index (Phi) is 7.00. The number of urea groups is 1. The normalized spacial score (nSPS) is 10.8. The van der Waals surface area contributed by atoms with Crippen LogP contribution < -0.4 is 10.6 Å². The van der Waals surface area contributed by atoms with Gasteiger partial charge in [0, 0.05) is 17.0 Å². The lowest BCUT2D eigenvalue weighted by molar-refractivity contribution is 0.252. The molecule has 0 atom stereocenters. The fraction of sp³-hybridized carbons (Fsp3) is 0.316. The number of anilines is 1. The molecule has 0 spiro atoms. The minimum Gasteiger partial charge on any atom is -0.338 e. The van der Waals surface area contributed by atoms with Gasteiger partial charge >= 0.3 is 6.03 Å². The molecular formula is C19H21ClFN5OS. The lowest BCUT2D eigenvalue weighted by atomic mass is 10.2. The largest absolute Gasteiger partial charge is 0.338 e. The summed E-state index contributed by atoms with van der Waals surface area (Å²) in [6.45, 7) is 2.59. The highest BCUT2D eigenvalue weighted by Crippen LogP contribution is 2.22. The van der Waals surface area contributed by atoms with E-state index < -0.39 is 0 Å². The highest BCUT2D eigenvalue weighted by molar-refractivity contribution is 7.16. The second-order valence-corrected chi connectivity index (χ2v) is 8.12. The molecule has 0 aliphatic heterocycles. The predicted molar refractivity (Wildman–Crippen MR) is 110 cm³/mol. The van der Waals surface area contributed by atoms with Crippen molar-refractivity contribution in [2.45, 2.75) is 32.7 Å². The van der Waals surface area contributed by atoms with Crippen molar-refractivity contribution >= 4 is 34.8 Å². The van der Waals surface area contributed by atoms with Crippen molar-refractivity contribution in [2.24, 2.45) is 0 Å². The first-order valence-corrected chi connectivity index (χ1v) is 10.1. The van der Waals surface area contributed by atoms with Crippen molar-refractivity contribution in [2.75, 3.05) is 11.9 Å². The molecule has 3 rings (SSSR count). The third kappa shape index (κ3) is 5.53. The number of benzene rings is 1. The van der Waals surface area contributed by atoms with Crippen LogP contribution in [0.2, 0.25) is 4.34 Å². The third-order valence-electron chi connectivity index (χ3n) is 4.26. The molecule has 0 bridgehead atoms. The molecule has 0 saturated carbocycles. The second-order valence-electron chi connectivity index (χ2n) is 6.32. The smallest absolute Gasteiger partial charge is 0.320 e. The Labute approximate surface area is 171 Å². The van der Waals surface area contributed by atoms with Crippen molar-refractivity contribution in [3.05, 3.63) is 62.7 Å². The summed E-state index contributed by atoms with van der Waals surface area (Å²) in [5.74, 6) is 0.0662. The maximum absolute atomic E-state index is 13.8. The van der Waals surface area contributed by atoms with Crippen LogP contribution in [0.5, 0.6) is 0 Å². The molecule has 0 aliphatic rings. The van der Waals surface area contributed by atoms with Gasteiger partial charge < -0.3 is 5.32 Å². The number of rotatable bonds is 8. The zero-order chi connectivity index (χ0) is 19.9. The van der Waals surface area contributed by atoms with Gasteiger partial charge in [0.05, 0.1) is 16.6 Å². The number of carbonyl (C=O) groups is 1. The van der Waals surface area contributed by atoms with Crippen molar-refractivity contribution in [3.8, 4) is 0 Å². The number of nitrogens with zero attached hydrogens (tertiary/aromatic N) is 3. The van der Waals surface area contributed by atoms with Crippen LogP contribution in [0.4, 0.5) is 15.0 Å². The zero-order valence-electron chi connectivity index (χ0n) is 15.4. The van der Waals surface area contributed by atoms with E-state index in [0.29, 0.717) is 23.6 Å². The summed E-state index contributed by atoms with van der Waals surface area (Å²) in [5, 5.41) is 13.5. The van der Waals surface area contributed by atoms with Crippen molar-refractivity contribution in [1.82, 2.24) is 20.3 Å². The van der Waals surface area contributed by atoms with Crippen LogP contribution in [-0.4, -0.2) is 27.6 Å². The molecule has 2 amide bonds. The van der Waals surface area contributed by atoms with E-state index in [2.05, 4.69) is 20.9 Å². The van der Waals surface area contributed by atoms with Crippen LogP contribution >= 0.6 is 22.9 Å². The van der Waals surface area contributed by atoms with E-state index in [0.717, 1.165) is 23.6 Å². The first-order chi connectivity index (χ1) is 13.5. The maximum Gasteiger partial charge on any atom is 0.320 e. The van der Waals surface area contributed by atoms with Gasteiger partial charge in [0.1, 0.15) is 5.82 Å². The average Bonchev–Trinajstić information content (AvgIpc) is 3.23. The number of thiophene rings is 1. The number of amides is 2. The first kappa shape index (κ1) is 20.3. The summed E-state index contributed by atoms with van der Waals surface area (Å²) in [5.41, 5.74) is 1.17. The van der Waals surface area contributed by atoms with E-state index in [1.165, 1.54) is 10.9 Å². The number of aromatic nitrogens is 3. The van der Waals surface area contributed by atoms with Gasteiger partial charge in [-0.1, -0.05) is 35.0 Å². The summed E-state index contributed by atoms with van der Waals surface area (Å²) in [6, 6.07) is 10.1. The molecule has 2 N–H and O–H groups in total. The second kappa shape index (κ2) is 9.66. The molecule has 0 unspecified atom stereocenters. The monoisotopic (exact) mass is 421 g/mol. The molecule has 28 heavy (non-hydrogen) atoms. The number of nitrogens with one attached hydrogen (secondary N) is 2. The highest BCUT2D eigenvalue weighted by atomic mass is 35.5. The maximum atomic E-state index is 13.8. The van der Waals surface area contributed by atoms with Crippen LogP contribution in [0.3, 0.4) is 0 Å². The molecule has 0 aliphatic carbocycles. The molecule has 2 heterocycles. The Bertz CT molecular complexity index is 942. The Morgan fingerprint density at radius 1 is 1.25 bits per heavy atom. The van der Waals surface area contributed by atoms with E-state index in [1.807, 2.05) is 12.1 Å². The lowest BCUT2D eigenvalue weighted by Gasteiger charge is -2.07. The van der Waals surface area contributed by atoms with Crippen molar-refractivity contribution in [3.63, 3.8) is 0 Å². The van der Waals surface area contributed by atoms with Gasteiger partial charge in [0.2, 0.25) is 0 Å². The Morgan fingerprint density at radius 2 is 2.07 bits per heavy atom. The molecule has 0 fully saturated rings. The molecule has 1 aromatic carbocycles. The minimum atomic E-state index is -0.333. The SMILES string of the molecule is Cc1c(NC(=O)NCCCCc2ccc(Cl)s2)nnn1Cc1ccccc1F. The Hall–Kier alpha value is -2.45. The van der Waals surface area contributed by atoms with Crippen LogP contribution in [0.25, 0.3) is 0 Å². The number of carbonyl (C=O) groups excluding carboxylic acids is 1. The van der Waals surface area contributed by atoms with Crippen LogP contribution in [0.15, 0.2) is 36.4 Å². The fourth-order valence-electron chi connectivity index (χ4n) is 2.68. The summed E-state index contributed by atoms with van der Waals surface area (Å²) in [4.78, 5) is 13.3. The molecule has 0 saturated heterocycles. The number of hydrogen-bond donors (Lipinski definition) is 2. The summed E-state index contributed by atoms with van der Waals surface area (Å²) >= 11 is 7.49. The van der Waals surface area contributed by atoms with Gasteiger partial charge in [0.15, 0.2) is 5.82 Å². The summed E-state index contributed by atoms with van der Waals surface area (Å²) < 4.78 is 16.1. The number of unbranched alkanes of at least 4 members (excludes halogenated alkanes) is 1. The van der Waals surface area contributed by atoms with Crippen LogP contribution in [0, 0.1) is 12.7 Å². The standard InChI is InChI=1S/C19H21ClFN5OS/c1-13-18(24-25-26(13)12-14-6-2-3-8-16(14)21)23-19(27)22-11-5-4-7-15-9-10-17(20)28-15/h2-3,6,8-10H,4-5,7,11-12H2,1H3,(H2,22,23,27). The van der Waals surface area contributed by atoms with Gasteiger partial charge in [-0.15, -0.1) is 16.4 Å². The quantitative estimate of drug-likeness (QED) is 0.521. The average molecular weight is 422 g/mol. The predicted octanol–water partition coefficient (Wildman–Crippen LogP) is 4.63. The lowest BCUT2D eigenvalue weighted by Crippen LogP contribution is -2.30. The Morgan fingerprint density at radius 3 is 2.82 bits per heavy atom. The van der Waals surface area contributed by atoms with Gasteiger partial charge in [-0.2, -0.15) is 0 Å². The van der Waals surface area contributed by atoms with E-state index in [-0.39, 0.29) is 18.4 Å². The number of halogens is 2. The van der Waals surface area contributed by atoms with E-state index in [4.69, 9.17) is 11.6 Å². The molecule has 3 aromatic rings. The number of hydrogen-bond acceptors (Lipinski definition) is 4. The van der Waals surface area contributed by atoms with Gasteiger partial charge in [0.25, 0.3) is 0 Å². The number of aryl methyl sites for hydroxylation is 1. The van der Waals surface area contributed by atoms with Crippen molar-refractivity contribution < 1.29 is 9.18 Å². The van der Waals surface area contributed by atoms with Crippen molar-refractivity contribution in [1.29, 1.82) is 0 Å². The van der Waals surface area contributed by atoms with Gasteiger partial charge in [-0.05, 0) is 44.4 Å². The minimum absolute atomic E-state index is 0.252. The highest BCUT2D eigenvalue weighted by Gasteiger charge is 2.13. The zero-order valence-corrected chi connectivity index (χ0v) is 17.0. The van der Waals surface area contributed by atoms with Crippen LogP contribution in [-0.2, 0) is 13.0 Å². The third-order valence-corrected chi connectivity index (χ3v) is 5.55. The Balaban J connectivity index is 1.43. The topological polar surface area (TPSA) is 71.8 Å². The first-order valence-electron chi connectivity index (χ1n) is 8.95. The van der Waals surface area contributed by atoms with E-state index in [9.17, 15) is 9.18 Å². The summed E-state index contributed by atoms with van der Waals surface area (Å²) in [7, 11) is 0. The molecule has 6 nitrogen and oxygen atoms in total. The molecule has 2 aromatic heterocycles. The molecule has 0 radical (unpaired) electrons. The molecular weight excluding hydrogens is 401 g/mol. The van der Waals surface area contributed by atoms with E-state index in [1.54, 1.807) is 41.1 Å². The molecule has 148 valence electrons. The van der Waals surface area contributed by atoms with Crippen LogP contribution in [0.1, 0.15) is 29.0 Å². The van der Waals surface area contributed by atoms with E-state index >= 15 is 0 Å². The molecule has 9 heteroatoms. The summed E-state index contributed by atoms with van der Waals surface area (Å²) in [6.07, 6.45) is 2.78.